The second-order valence-corrected chi connectivity index (χ2v) is 4.32. The number of hydrogen-bond donors (Lipinski definition) is 2. The van der Waals surface area contributed by atoms with E-state index in [0.717, 1.165) is 11.6 Å². The summed E-state index contributed by atoms with van der Waals surface area (Å²) in [5.74, 6) is -1.51. The molecule has 108 valence electrons. The van der Waals surface area contributed by atoms with Gasteiger partial charge in [0, 0.05) is 6.20 Å². The maximum Gasteiger partial charge on any atom is 0.285 e. The minimum atomic E-state index is -0.952. The number of carbonyl (C=O) groups is 1. The number of amides is 1. The van der Waals surface area contributed by atoms with Gasteiger partial charge in [-0.25, -0.2) is 9.37 Å². The molecule has 7 nitrogen and oxygen atoms in total. The molecule has 0 aliphatic carbocycles. The molecular weight excluding hydrogens is 279 g/mol. The highest BCUT2D eigenvalue weighted by atomic mass is 19.1. The van der Waals surface area contributed by atoms with E-state index in [1.807, 2.05) is 6.92 Å². The van der Waals surface area contributed by atoms with Crippen LogP contribution in [-0.4, -0.2) is 15.8 Å². The van der Waals surface area contributed by atoms with E-state index in [9.17, 15) is 19.3 Å². The Balaban J connectivity index is 2.36. The van der Waals surface area contributed by atoms with Gasteiger partial charge in [0.2, 0.25) is 0 Å². The molecule has 0 saturated heterocycles. The minimum Gasteiger partial charge on any atom is -0.396 e. The lowest BCUT2D eigenvalue weighted by Crippen LogP contribution is -2.15. The number of hydrogen-bond acceptors (Lipinski definition) is 5. The average Bonchev–Trinajstić information content (AvgIpc) is 2.43. The summed E-state index contributed by atoms with van der Waals surface area (Å²) in [6, 6.07) is 4.81. The lowest BCUT2D eigenvalue weighted by Gasteiger charge is -2.07. The van der Waals surface area contributed by atoms with E-state index in [4.69, 9.17) is 5.73 Å². The molecule has 0 aliphatic heterocycles. The Bertz CT molecular complexity index is 716. The molecule has 2 aromatic rings. The topological polar surface area (TPSA) is 111 Å². The van der Waals surface area contributed by atoms with Crippen molar-refractivity contribution in [2.75, 3.05) is 11.1 Å². The molecule has 0 bridgehead atoms. The van der Waals surface area contributed by atoms with E-state index in [1.54, 1.807) is 12.1 Å². The van der Waals surface area contributed by atoms with Crippen LogP contribution in [0.1, 0.15) is 15.9 Å². The van der Waals surface area contributed by atoms with Gasteiger partial charge < -0.3 is 11.1 Å². The highest BCUT2D eigenvalue weighted by Gasteiger charge is 2.23. The Morgan fingerprint density at radius 3 is 2.71 bits per heavy atom. The second kappa shape index (κ2) is 5.53. The molecule has 1 amide bonds. The minimum absolute atomic E-state index is 0.225. The third kappa shape index (κ3) is 3.11. The third-order valence-corrected chi connectivity index (χ3v) is 2.71. The van der Waals surface area contributed by atoms with Crippen molar-refractivity contribution >= 4 is 23.1 Å². The fourth-order valence-corrected chi connectivity index (χ4v) is 1.64. The van der Waals surface area contributed by atoms with Gasteiger partial charge in [-0.3, -0.25) is 14.9 Å². The highest BCUT2D eigenvalue weighted by Crippen LogP contribution is 2.25. The van der Waals surface area contributed by atoms with Gasteiger partial charge in [0.25, 0.3) is 11.6 Å². The fraction of sp³-hybridized carbons (Fsp3) is 0.0769. The number of carbonyl (C=O) groups excluding carboxylic acids is 1. The molecule has 1 aromatic heterocycles. The molecule has 0 aliphatic rings. The number of nitrogens with zero attached hydrogens (tertiary/aromatic N) is 2. The van der Waals surface area contributed by atoms with Crippen molar-refractivity contribution in [3.8, 4) is 0 Å². The first-order valence-corrected chi connectivity index (χ1v) is 5.86. The number of benzene rings is 1. The Labute approximate surface area is 118 Å². The summed E-state index contributed by atoms with van der Waals surface area (Å²) in [4.78, 5) is 26.0. The van der Waals surface area contributed by atoms with Crippen LogP contribution in [0.25, 0.3) is 0 Å². The van der Waals surface area contributed by atoms with Crippen molar-refractivity contribution in [1.29, 1.82) is 0 Å². The summed E-state index contributed by atoms with van der Waals surface area (Å²) in [5.41, 5.74) is 4.90. The van der Waals surface area contributed by atoms with E-state index in [2.05, 4.69) is 10.3 Å². The van der Waals surface area contributed by atoms with Gasteiger partial charge in [-0.1, -0.05) is 6.07 Å². The predicted octanol–water partition coefficient (Wildman–Crippen LogP) is 2.27. The average molecular weight is 290 g/mol. The molecule has 8 heteroatoms. The summed E-state index contributed by atoms with van der Waals surface area (Å²) in [6.45, 7) is 1.82. The van der Waals surface area contributed by atoms with Crippen molar-refractivity contribution < 1.29 is 14.1 Å². The molecular formula is C13H11FN4O3. The predicted molar refractivity (Wildman–Crippen MR) is 74.4 cm³/mol. The Morgan fingerprint density at radius 1 is 1.43 bits per heavy atom. The lowest BCUT2D eigenvalue weighted by molar-refractivity contribution is -0.385. The molecule has 0 fully saturated rings. The second-order valence-electron chi connectivity index (χ2n) is 4.32. The molecule has 0 atom stereocenters. The number of aromatic nitrogens is 1. The number of halogens is 1. The molecule has 1 aromatic carbocycles. The first kappa shape index (κ1) is 14.4. The maximum absolute atomic E-state index is 13.3. The van der Waals surface area contributed by atoms with Crippen molar-refractivity contribution in [3.05, 3.63) is 57.5 Å². The number of aryl methyl sites for hydroxylation is 1. The Morgan fingerprint density at radius 2 is 2.14 bits per heavy atom. The van der Waals surface area contributed by atoms with E-state index >= 15 is 0 Å². The zero-order valence-electron chi connectivity index (χ0n) is 11.0. The van der Waals surface area contributed by atoms with Gasteiger partial charge in [0.1, 0.15) is 11.4 Å². The van der Waals surface area contributed by atoms with Crippen LogP contribution in [0.15, 0.2) is 30.5 Å². The van der Waals surface area contributed by atoms with Crippen molar-refractivity contribution in [1.82, 2.24) is 4.98 Å². The largest absolute Gasteiger partial charge is 0.396 e. The highest BCUT2D eigenvalue weighted by molar-refractivity contribution is 6.07. The van der Waals surface area contributed by atoms with E-state index in [0.29, 0.717) is 6.07 Å². The summed E-state index contributed by atoms with van der Waals surface area (Å²) < 4.78 is 13.3. The van der Waals surface area contributed by atoms with Crippen molar-refractivity contribution in [2.24, 2.45) is 0 Å². The SMILES string of the molecule is Cc1ccc(NC(=O)c2cc(N)c(F)cc2[N+](=O)[O-])nc1. The zero-order chi connectivity index (χ0) is 15.6. The normalized spacial score (nSPS) is 10.2. The van der Waals surface area contributed by atoms with Crippen molar-refractivity contribution in [3.63, 3.8) is 0 Å². The quantitative estimate of drug-likeness (QED) is 0.511. The molecule has 0 spiro atoms. The van der Waals surface area contributed by atoms with Crippen LogP contribution in [0.4, 0.5) is 21.6 Å². The van der Waals surface area contributed by atoms with Crippen molar-refractivity contribution in [2.45, 2.75) is 6.92 Å². The van der Waals surface area contributed by atoms with Crippen LogP contribution in [0, 0.1) is 22.9 Å². The number of nitro benzene ring substituents is 1. The summed E-state index contributed by atoms with van der Waals surface area (Å²) in [7, 11) is 0. The van der Waals surface area contributed by atoms with Gasteiger partial charge in [0.15, 0.2) is 5.82 Å². The molecule has 3 N–H and O–H groups in total. The number of nitrogens with two attached hydrogens (primary N) is 1. The molecule has 0 radical (unpaired) electrons. The fourth-order valence-electron chi connectivity index (χ4n) is 1.64. The molecule has 0 saturated carbocycles. The van der Waals surface area contributed by atoms with Crippen LogP contribution < -0.4 is 11.1 Å². The maximum atomic E-state index is 13.3. The van der Waals surface area contributed by atoms with E-state index in [-0.39, 0.29) is 17.1 Å². The van der Waals surface area contributed by atoms with Crippen LogP contribution >= 0.6 is 0 Å². The standard InChI is InChI=1S/C13H11FN4O3/c1-7-2-3-12(16-6-7)17-13(19)8-4-10(15)9(14)5-11(8)18(20)21/h2-6H,15H2,1H3,(H,16,17,19). The first-order chi connectivity index (χ1) is 9.88. The summed E-state index contributed by atoms with van der Waals surface area (Å²) in [5, 5.41) is 13.3. The van der Waals surface area contributed by atoms with Crippen LogP contribution in [0.2, 0.25) is 0 Å². The zero-order valence-corrected chi connectivity index (χ0v) is 11.0. The summed E-state index contributed by atoms with van der Waals surface area (Å²) >= 11 is 0. The van der Waals surface area contributed by atoms with Gasteiger partial charge in [-0.15, -0.1) is 0 Å². The number of pyridine rings is 1. The molecule has 0 unspecified atom stereocenters. The molecule has 1 heterocycles. The molecule has 2 rings (SSSR count). The van der Waals surface area contributed by atoms with Gasteiger partial charge >= 0.3 is 0 Å². The van der Waals surface area contributed by atoms with Gasteiger partial charge in [-0.05, 0) is 24.6 Å². The molecule has 21 heavy (non-hydrogen) atoms. The Kier molecular flexibility index (Phi) is 3.79. The summed E-state index contributed by atoms with van der Waals surface area (Å²) in [6.07, 6.45) is 1.53. The van der Waals surface area contributed by atoms with Crippen LogP contribution in [0.5, 0.6) is 0 Å². The number of anilines is 2. The van der Waals surface area contributed by atoms with Gasteiger partial charge in [0.05, 0.1) is 16.7 Å². The monoisotopic (exact) mass is 290 g/mol. The number of rotatable bonds is 3. The first-order valence-electron chi connectivity index (χ1n) is 5.86. The third-order valence-electron chi connectivity index (χ3n) is 2.71. The van der Waals surface area contributed by atoms with E-state index in [1.165, 1.54) is 6.20 Å². The Hall–Kier alpha value is -3.03. The smallest absolute Gasteiger partial charge is 0.285 e. The number of nitrogen functional groups attached to an aromatic ring is 1. The lowest BCUT2D eigenvalue weighted by atomic mass is 10.1. The number of nitrogens with one attached hydrogen (secondary N) is 1. The van der Waals surface area contributed by atoms with E-state index < -0.39 is 22.3 Å². The van der Waals surface area contributed by atoms with Crippen LogP contribution in [0.3, 0.4) is 0 Å². The van der Waals surface area contributed by atoms with Crippen LogP contribution in [-0.2, 0) is 0 Å². The number of nitro groups is 1. The van der Waals surface area contributed by atoms with Gasteiger partial charge in [-0.2, -0.15) is 0 Å².